The van der Waals surface area contributed by atoms with Crippen molar-refractivity contribution in [3.05, 3.63) is 258 Å². The summed E-state index contributed by atoms with van der Waals surface area (Å²) in [6.45, 7) is 2.32. The molecule has 2 unspecified atom stereocenters. The van der Waals surface area contributed by atoms with E-state index in [1.54, 1.807) is 0 Å². The molecule has 2 heterocycles. The molecule has 2 aromatic heterocycles. The SMILES string of the molecule is C[C@H]1C=CC(C2(c3ccccc3)C3=CC(N(c4ccc(-c5ccc6c(c5)c5ccccc5n6-c5ccccc5)cc4)c4ccc5c(c4)oc4ccccc45)=CCC3c3ccccc32)=CC1. The Morgan fingerprint density at radius 1 is 0.554 bits per heavy atom. The number of benzene rings is 8. The third-order valence-corrected chi connectivity index (χ3v) is 14.4. The van der Waals surface area contributed by atoms with E-state index in [9.17, 15) is 0 Å². The van der Waals surface area contributed by atoms with Crippen LogP contribution >= 0.6 is 0 Å². The summed E-state index contributed by atoms with van der Waals surface area (Å²) >= 11 is 0. The van der Waals surface area contributed by atoms with Crippen LogP contribution in [0.4, 0.5) is 11.4 Å². The standard InChI is InChI=1S/C62H46N2O/c1-41-24-29-45(30-25-41)62(44-14-4-2-5-15-44)56-21-11-8-18-50(56)51-35-33-48(39-57(51)62)63(49-34-36-54-53-20-10-13-23-60(53)65-61(54)40-49)47-31-26-42(27-32-47)43-28-37-59-55(38-43)52-19-9-12-22-58(52)64(59)46-16-6-3-7-17-46/h2-24,26-34,36-41,51H,25,35H2,1H3/t41-,51?,62?/m0/s1. The Bertz CT molecular complexity index is 3620. The number of rotatable bonds is 7. The molecular weight excluding hydrogens is 789 g/mol. The minimum atomic E-state index is -0.417. The van der Waals surface area contributed by atoms with Gasteiger partial charge in [-0.25, -0.2) is 0 Å². The van der Waals surface area contributed by atoms with Gasteiger partial charge < -0.3 is 13.9 Å². The highest BCUT2D eigenvalue weighted by Gasteiger charge is 2.51. The van der Waals surface area contributed by atoms with Crippen LogP contribution in [-0.2, 0) is 5.41 Å². The molecule has 13 rings (SSSR count). The van der Waals surface area contributed by atoms with Crippen LogP contribution in [0.5, 0.6) is 0 Å². The lowest BCUT2D eigenvalue weighted by Gasteiger charge is -2.39. The fourth-order valence-electron chi connectivity index (χ4n) is 11.4. The molecule has 8 aromatic carbocycles. The zero-order chi connectivity index (χ0) is 43.1. The lowest BCUT2D eigenvalue weighted by molar-refractivity contribution is 0.658. The van der Waals surface area contributed by atoms with Crippen molar-refractivity contribution in [1.29, 1.82) is 0 Å². The van der Waals surface area contributed by atoms with E-state index in [1.165, 1.54) is 66.5 Å². The van der Waals surface area contributed by atoms with E-state index >= 15 is 0 Å². The van der Waals surface area contributed by atoms with Crippen LogP contribution in [0, 0.1) is 5.92 Å². The average molecular weight is 835 g/mol. The zero-order valence-corrected chi connectivity index (χ0v) is 36.2. The van der Waals surface area contributed by atoms with Crippen molar-refractivity contribution in [2.24, 2.45) is 5.92 Å². The van der Waals surface area contributed by atoms with Gasteiger partial charge in [-0.2, -0.15) is 0 Å². The summed E-state index contributed by atoms with van der Waals surface area (Å²) in [5.41, 5.74) is 17.6. The van der Waals surface area contributed by atoms with Crippen molar-refractivity contribution in [2.75, 3.05) is 4.90 Å². The molecule has 10 aromatic rings. The Hall–Kier alpha value is -7.88. The van der Waals surface area contributed by atoms with E-state index in [4.69, 9.17) is 4.42 Å². The Morgan fingerprint density at radius 3 is 2.08 bits per heavy atom. The van der Waals surface area contributed by atoms with Crippen molar-refractivity contribution in [3.8, 4) is 16.8 Å². The molecule has 3 aliphatic carbocycles. The maximum absolute atomic E-state index is 6.55. The molecule has 3 heteroatoms. The van der Waals surface area contributed by atoms with Crippen LogP contribution in [0.15, 0.2) is 246 Å². The number of para-hydroxylation sites is 3. The minimum absolute atomic E-state index is 0.258. The summed E-state index contributed by atoms with van der Waals surface area (Å²) in [5.74, 6) is 0.770. The number of anilines is 2. The first-order chi connectivity index (χ1) is 32.1. The number of hydrogen-bond donors (Lipinski definition) is 0. The fourth-order valence-corrected chi connectivity index (χ4v) is 11.4. The van der Waals surface area contributed by atoms with Crippen LogP contribution in [0.3, 0.4) is 0 Å². The predicted octanol–water partition coefficient (Wildman–Crippen LogP) is 16.3. The van der Waals surface area contributed by atoms with Gasteiger partial charge in [-0.15, -0.1) is 0 Å². The largest absolute Gasteiger partial charge is 0.456 e. The molecule has 310 valence electrons. The quantitative estimate of drug-likeness (QED) is 0.159. The molecule has 0 amide bonds. The molecule has 0 saturated heterocycles. The fraction of sp³-hybridized carbons (Fsp3) is 0.0968. The molecule has 0 saturated carbocycles. The average Bonchev–Trinajstić information content (AvgIpc) is 4.01. The first kappa shape index (κ1) is 37.7. The lowest BCUT2D eigenvalue weighted by Crippen LogP contribution is -2.32. The third kappa shape index (κ3) is 5.82. The van der Waals surface area contributed by atoms with Gasteiger partial charge in [0.2, 0.25) is 0 Å². The number of allylic oxidation sites excluding steroid dienone is 7. The number of fused-ring (bicyclic) bond motifs is 9. The Morgan fingerprint density at radius 2 is 1.25 bits per heavy atom. The molecule has 0 N–H and O–H groups in total. The maximum Gasteiger partial charge on any atom is 0.137 e. The zero-order valence-electron chi connectivity index (χ0n) is 36.2. The van der Waals surface area contributed by atoms with Crippen LogP contribution in [0.25, 0.3) is 60.6 Å². The highest BCUT2D eigenvalue weighted by Crippen LogP contribution is 2.61. The molecular formula is C62H46N2O. The molecule has 3 nitrogen and oxygen atoms in total. The Balaban J connectivity index is 0.971. The van der Waals surface area contributed by atoms with E-state index in [-0.39, 0.29) is 5.92 Å². The second-order valence-corrected chi connectivity index (χ2v) is 18.0. The summed E-state index contributed by atoms with van der Waals surface area (Å²) in [6.07, 6.45) is 14.3. The molecule has 0 radical (unpaired) electrons. The Kier molecular flexibility index (Phi) is 8.61. The summed E-state index contributed by atoms with van der Waals surface area (Å²) in [5, 5.41) is 4.76. The molecule has 0 aliphatic heterocycles. The van der Waals surface area contributed by atoms with Gasteiger partial charge in [0.05, 0.1) is 16.4 Å². The van der Waals surface area contributed by atoms with Gasteiger partial charge in [-0.3, -0.25) is 0 Å². The van der Waals surface area contributed by atoms with Gasteiger partial charge >= 0.3 is 0 Å². The normalized spacial score (nSPS) is 19.0. The lowest BCUT2D eigenvalue weighted by atomic mass is 9.64. The van der Waals surface area contributed by atoms with E-state index in [0.717, 1.165) is 51.9 Å². The summed E-state index contributed by atoms with van der Waals surface area (Å²) < 4.78 is 8.93. The van der Waals surface area contributed by atoms with E-state index in [1.807, 2.05) is 6.07 Å². The third-order valence-electron chi connectivity index (χ3n) is 14.4. The van der Waals surface area contributed by atoms with E-state index in [0.29, 0.717) is 5.92 Å². The highest BCUT2D eigenvalue weighted by molar-refractivity contribution is 6.10. The van der Waals surface area contributed by atoms with Gasteiger partial charge in [0, 0.05) is 56.3 Å². The second-order valence-electron chi connectivity index (χ2n) is 18.0. The highest BCUT2D eigenvalue weighted by atomic mass is 16.3. The van der Waals surface area contributed by atoms with E-state index < -0.39 is 5.41 Å². The molecule has 3 aliphatic rings. The van der Waals surface area contributed by atoms with Crippen molar-refractivity contribution >= 4 is 55.1 Å². The summed E-state index contributed by atoms with van der Waals surface area (Å²) in [6, 6.07) is 71.0. The van der Waals surface area contributed by atoms with Crippen LogP contribution in [0.1, 0.15) is 42.4 Å². The molecule has 0 spiro atoms. The number of nitrogens with zero attached hydrogens (tertiary/aromatic N) is 2. The van der Waals surface area contributed by atoms with Gasteiger partial charge in [0.25, 0.3) is 0 Å². The second kappa shape index (κ2) is 14.9. The van der Waals surface area contributed by atoms with Gasteiger partial charge in [-0.1, -0.05) is 159 Å². The van der Waals surface area contributed by atoms with Gasteiger partial charge in [-0.05, 0) is 124 Å². The number of hydrogen-bond acceptors (Lipinski definition) is 2. The van der Waals surface area contributed by atoms with Crippen molar-refractivity contribution in [2.45, 2.75) is 31.1 Å². The van der Waals surface area contributed by atoms with E-state index in [2.05, 4.69) is 235 Å². The van der Waals surface area contributed by atoms with Crippen molar-refractivity contribution < 1.29 is 4.42 Å². The monoisotopic (exact) mass is 834 g/mol. The van der Waals surface area contributed by atoms with Crippen LogP contribution < -0.4 is 4.90 Å². The first-order valence-corrected chi connectivity index (χ1v) is 23.0. The Labute approximate surface area is 379 Å². The predicted molar refractivity (Wildman–Crippen MR) is 270 cm³/mol. The number of aromatic nitrogens is 1. The maximum atomic E-state index is 6.55. The van der Waals surface area contributed by atoms with Crippen molar-refractivity contribution in [3.63, 3.8) is 0 Å². The molecule has 65 heavy (non-hydrogen) atoms. The van der Waals surface area contributed by atoms with Gasteiger partial charge in [0.1, 0.15) is 11.2 Å². The molecule has 3 atom stereocenters. The van der Waals surface area contributed by atoms with Crippen LogP contribution in [-0.4, -0.2) is 4.57 Å². The molecule has 0 fully saturated rings. The van der Waals surface area contributed by atoms with Crippen molar-refractivity contribution in [1.82, 2.24) is 4.57 Å². The summed E-state index contributed by atoms with van der Waals surface area (Å²) in [4.78, 5) is 2.45. The number of furan rings is 1. The van der Waals surface area contributed by atoms with Gasteiger partial charge in [0.15, 0.2) is 0 Å². The summed E-state index contributed by atoms with van der Waals surface area (Å²) in [7, 11) is 0. The van der Waals surface area contributed by atoms with Crippen LogP contribution in [0.2, 0.25) is 0 Å². The minimum Gasteiger partial charge on any atom is -0.456 e. The molecule has 0 bridgehead atoms. The smallest absolute Gasteiger partial charge is 0.137 e. The topological polar surface area (TPSA) is 21.3 Å². The first-order valence-electron chi connectivity index (χ1n) is 23.0.